The molecule has 0 atom stereocenters. The van der Waals surface area contributed by atoms with E-state index in [2.05, 4.69) is 9.93 Å². The number of carbonyl (C=O) groups is 1. The molecule has 0 heterocycles. The Morgan fingerprint density at radius 3 is 2.00 bits per heavy atom. The first-order chi connectivity index (χ1) is 13.8. The molecule has 7 heteroatoms. The van der Waals surface area contributed by atoms with Crippen LogP contribution in [0.3, 0.4) is 0 Å². The molecular formula is C22H20N2O4S. The van der Waals surface area contributed by atoms with Crippen LogP contribution in [0, 0.1) is 13.8 Å². The Kier molecular flexibility index (Phi) is 6.09. The highest BCUT2D eigenvalue weighted by atomic mass is 32.2. The number of aryl methyl sites for hydroxylation is 2. The van der Waals surface area contributed by atoms with Crippen molar-refractivity contribution < 1.29 is 17.9 Å². The highest BCUT2D eigenvalue weighted by Gasteiger charge is 2.12. The first kappa shape index (κ1) is 20.3. The minimum Gasteiger partial charge on any atom is -0.423 e. The number of hydrogen-bond acceptors (Lipinski definition) is 5. The molecule has 29 heavy (non-hydrogen) atoms. The van der Waals surface area contributed by atoms with E-state index < -0.39 is 16.0 Å². The number of esters is 1. The summed E-state index contributed by atoms with van der Waals surface area (Å²) in [5.74, 6) is -0.0646. The lowest BCUT2D eigenvalue weighted by atomic mass is 10.1. The molecule has 0 aliphatic carbocycles. The number of sulfonamides is 1. The fourth-order valence-corrected chi connectivity index (χ4v) is 3.21. The Labute approximate surface area is 169 Å². The van der Waals surface area contributed by atoms with Crippen LogP contribution in [0.4, 0.5) is 0 Å². The Balaban J connectivity index is 1.60. The van der Waals surface area contributed by atoms with E-state index in [9.17, 15) is 13.2 Å². The standard InChI is InChI=1S/C22H20N2O4S/c1-16-3-9-19(10-4-16)22(25)28-20-11-7-18(8-12-20)15-23-24-29(26,27)21-13-5-17(2)6-14-21/h3-15,24H,1-2H3. The molecule has 0 fully saturated rings. The Bertz CT molecular complexity index is 1120. The van der Waals surface area contributed by atoms with E-state index in [1.165, 1.54) is 18.3 Å². The SMILES string of the molecule is Cc1ccc(C(=O)Oc2ccc(C=NNS(=O)(=O)c3ccc(C)cc3)cc2)cc1. The van der Waals surface area contributed by atoms with Crippen molar-refractivity contribution in [1.29, 1.82) is 0 Å². The predicted molar refractivity (Wildman–Crippen MR) is 112 cm³/mol. The van der Waals surface area contributed by atoms with Gasteiger partial charge in [-0.2, -0.15) is 13.5 Å². The van der Waals surface area contributed by atoms with Gasteiger partial charge in [0.1, 0.15) is 5.75 Å². The van der Waals surface area contributed by atoms with Crippen LogP contribution < -0.4 is 9.57 Å². The second-order valence-electron chi connectivity index (χ2n) is 6.49. The summed E-state index contributed by atoms with van der Waals surface area (Å²) in [6.07, 6.45) is 1.37. The zero-order valence-electron chi connectivity index (χ0n) is 16.0. The van der Waals surface area contributed by atoms with Gasteiger partial charge < -0.3 is 4.74 Å². The molecule has 0 radical (unpaired) electrons. The van der Waals surface area contributed by atoms with E-state index in [0.717, 1.165) is 11.1 Å². The molecule has 0 aliphatic rings. The maximum atomic E-state index is 12.2. The zero-order valence-corrected chi connectivity index (χ0v) is 16.8. The van der Waals surface area contributed by atoms with E-state index in [4.69, 9.17) is 4.74 Å². The zero-order chi connectivity index (χ0) is 20.9. The van der Waals surface area contributed by atoms with Gasteiger partial charge in [0.15, 0.2) is 0 Å². The average Bonchev–Trinajstić information content (AvgIpc) is 2.70. The van der Waals surface area contributed by atoms with Gasteiger partial charge >= 0.3 is 5.97 Å². The van der Waals surface area contributed by atoms with Gasteiger partial charge in [0.05, 0.1) is 16.7 Å². The lowest BCUT2D eigenvalue weighted by Gasteiger charge is -2.05. The number of benzene rings is 3. The number of ether oxygens (including phenoxy) is 1. The second-order valence-corrected chi connectivity index (χ2v) is 8.15. The molecule has 148 valence electrons. The molecule has 6 nitrogen and oxygen atoms in total. The summed E-state index contributed by atoms with van der Waals surface area (Å²) in [5, 5.41) is 3.79. The van der Waals surface area contributed by atoms with Crippen molar-refractivity contribution >= 4 is 22.2 Å². The van der Waals surface area contributed by atoms with Crippen molar-refractivity contribution in [3.63, 3.8) is 0 Å². The fourth-order valence-electron chi connectivity index (χ4n) is 2.42. The highest BCUT2D eigenvalue weighted by molar-refractivity contribution is 7.89. The molecule has 0 saturated carbocycles. The lowest BCUT2D eigenvalue weighted by molar-refractivity contribution is 0.0734. The van der Waals surface area contributed by atoms with Crippen molar-refractivity contribution in [2.45, 2.75) is 18.7 Å². The average molecular weight is 408 g/mol. The summed E-state index contributed by atoms with van der Waals surface area (Å²) in [5.41, 5.74) is 3.14. The normalized spacial score (nSPS) is 11.4. The Morgan fingerprint density at radius 2 is 1.41 bits per heavy atom. The van der Waals surface area contributed by atoms with Crippen LogP contribution in [0.15, 0.2) is 82.8 Å². The first-order valence-corrected chi connectivity index (χ1v) is 10.3. The molecule has 3 aromatic rings. The van der Waals surface area contributed by atoms with Crippen LogP contribution in [0.5, 0.6) is 5.75 Å². The number of carbonyl (C=O) groups excluding carboxylic acids is 1. The van der Waals surface area contributed by atoms with Gasteiger partial charge in [-0.25, -0.2) is 9.63 Å². The summed E-state index contributed by atoms with van der Waals surface area (Å²) < 4.78 is 29.7. The summed E-state index contributed by atoms with van der Waals surface area (Å²) in [7, 11) is -3.72. The van der Waals surface area contributed by atoms with Gasteiger partial charge in [0, 0.05) is 0 Å². The number of hydrazone groups is 1. The second kappa shape index (κ2) is 8.70. The smallest absolute Gasteiger partial charge is 0.343 e. The van der Waals surface area contributed by atoms with Crippen molar-refractivity contribution in [1.82, 2.24) is 4.83 Å². The minimum atomic E-state index is -3.72. The molecule has 0 amide bonds. The van der Waals surface area contributed by atoms with Gasteiger partial charge in [-0.05, 0) is 67.9 Å². The van der Waals surface area contributed by atoms with Gasteiger partial charge in [0.25, 0.3) is 10.0 Å². The lowest BCUT2D eigenvalue weighted by Crippen LogP contribution is -2.18. The van der Waals surface area contributed by atoms with Gasteiger partial charge in [-0.3, -0.25) is 0 Å². The number of rotatable bonds is 6. The van der Waals surface area contributed by atoms with Gasteiger partial charge in [-0.1, -0.05) is 35.4 Å². The molecule has 1 N–H and O–H groups in total. The summed E-state index contributed by atoms with van der Waals surface area (Å²) in [4.78, 5) is 14.4. The molecule has 0 spiro atoms. The van der Waals surface area contributed by atoms with Crippen molar-refractivity contribution in [3.8, 4) is 5.75 Å². The molecule has 0 aromatic heterocycles. The van der Waals surface area contributed by atoms with E-state index in [1.807, 2.05) is 26.0 Å². The van der Waals surface area contributed by atoms with E-state index in [0.29, 0.717) is 16.9 Å². The maximum Gasteiger partial charge on any atom is 0.343 e. The highest BCUT2D eigenvalue weighted by Crippen LogP contribution is 2.14. The summed E-state index contributed by atoms with van der Waals surface area (Å²) in [6.45, 7) is 3.82. The van der Waals surface area contributed by atoms with Crippen molar-refractivity contribution in [2.75, 3.05) is 0 Å². The van der Waals surface area contributed by atoms with E-state index in [-0.39, 0.29) is 4.90 Å². The molecule has 0 aliphatic heterocycles. The maximum absolute atomic E-state index is 12.2. The minimum absolute atomic E-state index is 0.138. The molecule has 3 aromatic carbocycles. The van der Waals surface area contributed by atoms with Crippen LogP contribution in [0.2, 0.25) is 0 Å². The van der Waals surface area contributed by atoms with Crippen molar-refractivity contribution in [2.24, 2.45) is 5.10 Å². The van der Waals surface area contributed by atoms with Crippen LogP contribution in [0.1, 0.15) is 27.0 Å². The van der Waals surface area contributed by atoms with Gasteiger partial charge in [-0.15, -0.1) is 0 Å². The molecule has 3 rings (SSSR count). The van der Waals surface area contributed by atoms with Crippen LogP contribution in [-0.4, -0.2) is 20.6 Å². The van der Waals surface area contributed by atoms with E-state index in [1.54, 1.807) is 48.5 Å². The topological polar surface area (TPSA) is 84.8 Å². The summed E-state index contributed by atoms with van der Waals surface area (Å²) >= 11 is 0. The van der Waals surface area contributed by atoms with Crippen LogP contribution in [0.25, 0.3) is 0 Å². The third-order valence-corrected chi connectivity index (χ3v) is 5.33. The van der Waals surface area contributed by atoms with E-state index >= 15 is 0 Å². The number of nitrogens with one attached hydrogen (secondary N) is 1. The monoisotopic (exact) mass is 408 g/mol. The van der Waals surface area contributed by atoms with Crippen molar-refractivity contribution in [3.05, 3.63) is 95.1 Å². The first-order valence-electron chi connectivity index (χ1n) is 8.84. The quantitative estimate of drug-likeness (QED) is 0.291. The third kappa shape index (κ3) is 5.52. The van der Waals surface area contributed by atoms with Crippen LogP contribution >= 0.6 is 0 Å². The molecule has 0 bridgehead atoms. The predicted octanol–water partition coefficient (Wildman–Crippen LogP) is 3.84. The Morgan fingerprint density at radius 1 is 0.862 bits per heavy atom. The van der Waals surface area contributed by atoms with Gasteiger partial charge in [0.2, 0.25) is 0 Å². The fraction of sp³-hybridized carbons (Fsp3) is 0.0909. The largest absolute Gasteiger partial charge is 0.423 e. The Hall–Kier alpha value is -3.45. The molecule has 0 saturated heterocycles. The number of nitrogens with zero attached hydrogens (tertiary/aromatic N) is 1. The van der Waals surface area contributed by atoms with Crippen LogP contribution in [-0.2, 0) is 10.0 Å². The number of hydrogen-bond donors (Lipinski definition) is 1. The molecular weight excluding hydrogens is 388 g/mol. The molecule has 0 unspecified atom stereocenters. The summed E-state index contributed by atoms with van der Waals surface area (Å²) in [6, 6.07) is 20.1. The third-order valence-electron chi connectivity index (χ3n) is 4.10.